The SMILES string of the molecule is Cc1ccc(CC(C)n2c(=S)[nH]c3cccnc32)s1. The number of fused-ring (bicyclic) bond motifs is 1. The number of imidazole rings is 1. The molecule has 0 amide bonds. The van der Waals surface area contributed by atoms with E-state index in [1.54, 1.807) is 0 Å². The van der Waals surface area contributed by atoms with Gasteiger partial charge in [0, 0.05) is 28.4 Å². The molecule has 0 fully saturated rings. The molecular formula is C14H15N3S2. The molecule has 98 valence electrons. The fourth-order valence-electron chi connectivity index (χ4n) is 2.34. The molecule has 0 bridgehead atoms. The molecule has 1 N–H and O–H groups in total. The molecule has 5 heteroatoms. The highest BCUT2D eigenvalue weighted by molar-refractivity contribution is 7.71. The summed E-state index contributed by atoms with van der Waals surface area (Å²) in [6, 6.07) is 8.60. The van der Waals surface area contributed by atoms with Gasteiger partial charge in [0.2, 0.25) is 0 Å². The summed E-state index contributed by atoms with van der Waals surface area (Å²) in [5, 5.41) is 0. The van der Waals surface area contributed by atoms with Crippen molar-refractivity contribution in [3.8, 4) is 0 Å². The number of hydrogen-bond donors (Lipinski definition) is 1. The van der Waals surface area contributed by atoms with Crippen LogP contribution in [0.25, 0.3) is 11.2 Å². The van der Waals surface area contributed by atoms with E-state index in [1.165, 1.54) is 9.75 Å². The molecule has 0 radical (unpaired) electrons. The molecule has 1 atom stereocenters. The fraction of sp³-hybridized carbons (Fsp3) is 0.286. The van der Waals surface area contributed by atoms with E-state index in [9.17, 15) is 0 Å². The van der Waals surface area contributed by atoms with Crippen molar-refractivity contribution in [3.05, 3.63) is 45.0 Å². The molecule has 0 aliphatic heterocycles. The molecule has 0 aliphatic carbocycles. The van der Waals surface area contributed by atoms with Gasteiger partial charge in [-0.3, -0.25) is 4.57 Å². The number of thiophene rings is 1. The number of aromatic amines is 1. The molecule has 3 rings (SSSR count). The van der Waals surface area contributed by atoms with Crippen LogP contribution in [-0.4, -0.2) is 14.5 Å². The van der Waals surface area contributed by atoms with Crippen LogP contribution in [-0.2, 0) is 6.42 Å². The molecule has 0 spiro atoms. The lowest BCUT2D eigenvalue weighted by molar-refractivity contribution is 0.553. The summed E-state index contributed by atoms with van der Waals surface area (Å²) in [6.45, 7) is 4.32. The Labute approximate surface area is 120 Å². The topological polar surface area (TPSA) is 33.6 Å². The van der Waals surface area contributed by atoms with E-state index in [1.807, 2.05) is 29.7 Å². The largest absolute Gasteiger partial charge is 0.329 e. The number of pyridine rings is 1. The zero-order valence-electron chi connectivity index (χ0n) is 10.9. The van der Waals surface area contributed by atoms with Crippen LogP contribution >= 0.6 is 23.6 Å². The van der Waals surface area contributed by atoms with Gasteiger partial charge in [-0.25, -0.2) is 4.98 Å². The lowest BCUT2D eigenvalue weighted by Gasteiger charge is -2.12. The summed E-state index contributed by atoms with van der Waals surface area (Å²) in [5.41, 5.74) is 1.94. The smallest absolute Gasteiger partial charge is 0.179 e. The van der Waals surface area contributed by atoms with Gasteiger partial charge >= 0.3 is 0 Å². The fourth-order valence-corrected chi connectivity index (χ4v) is 3.73. The number of nitrogens with one attached hydrogen (secondary N) is 1. The van der Waals surface area contributed by atoms with Crippen molar-refractivity contribution in [2.75, 3.05) is 0 Å². The first-order valence-corrected chi connectivity index (χ1v) is 7.48. The molecule has 1 unspecified atom stereocenters. The molecule has 0 aliphatic rings. The second-order valence-corrected chi connectivity index (χ2v) is 6.50. The van der Waals surface area contributed by atoms with Crippen molar-refractivity contribution in [1.29, 1.82) is 0 Å². The first-order chi connectivity index (χ1) is 9.15. The minimum atomic E-state index is 0.300. The Bertz CT molecular complexity index is 766. The van der Waals surface area contributed by atoms with Gasteiger partial charge in [0.05, 0.1) is 5.52 Å². The van der Waals surface area contributed by atoms with E-state index in [0.717, 1.165) is 22.4 Å². The van der Waals surface area contributed by atoms with E-state index < -0.39 is 0 Å². The zero-order chi connectivity index (χ0) is 13.4. The van der Waals surface area contributed by atoms with Crippen LogP contribution in [0.1, 0.15) is 22.7 Å². The zero-order valence-corrected chi connectivity index (χ0v) is 12.5. The van der Waals surface area contributed by atoms with Gasteiger partial charge in [0.15, 0.2) is 10.4 Å². The van der Waals surface area contributed by atoms with Crippen LogP contribution in [0.4, 0.5) is 0 Å². The Balaban J connectivity index is 1.99. The van der Waals surface area contributed by atoms with Crippen molar-refractivity contribution in [1.82, 2.24) is 14.5 Å². The lowest BCUT2D eigenvalue weighted by Crippen LogP contribution is -2.08. The van der Waals surface area contributed by atoms with Gasteiger partial charge in [-0.05, 0) is 50.3 Å². The Morgan fingerprint density at radius 1 is 1.42 bits per heavy atom. The molecule has 0 saturated heterocycles. The van der Waals surface area contributed by atoms with E-state index in [0.29, 0.717) is 6.04 Å². The molecular weight excluding hydrogens is 274 g/mol. The maximum Gasteiger partial charge on any atom is 0.179 e. The third-order valence-electron chi connectivity index (χ3n) is 3.21. The van der Waals surface area contributed by atoms with Gasteiger partial charge in [-0.15, -0.1) is 11.3 Å². The second kappa shape index (κ2) is 4.90. The summed E-state index contributed by atoms with van der Waals surface area (Å²) in [7, 11) is 0. The predicted molar refractivity (Wildman–Crippen MR) is 82.4 cm³/mol. The number of nitrogens with zero attached hydrogens (tertiary/aromatic N) is 2. The third-order valence-corrected chi connectivity index (χ3v) is 4.53. The van der Waals surface area contributed by atoms with Gasteiger partial charge in [-0.2, -0.15) is 0 Å². The van der Waals surface area contributed by atoms with Crippen molar-refractivity contribution in [2.45, 2.75) is 26.3 Å². The molecule has 0 saturated carbocycles. The maximum absolute atomic E-state index is 5.42. The van der Waals surface area contributed by atoms with Gasteiger partial charge < -0.3 is 4.98 Å². The van der Waals surface area contributed by atoms with Crippen LogP contribution in [0.3, 0.4) is 0 Å². The summed E-state index contributed by atoms with van der Waals surface area (Å²) < 4.78 is 2.86. The highest BCUT2D eigenvalue weighted by atomic mass is 32.1. The molecule has 3 aromatic heterocycles. The van der Waals surface area contributed by atoms with Crippen LogP contribution < -0.4 is 0 Å². The van der Waals surface area contributed by atoms with Crippen LogP contribution in [0.2, 0.25) is 0 Å². The molecule has 3 aromatic rings. The maximum atomic E-state index is 5.42. The van der Waals surface area contributed by atoms with Crippen LogP contribution in [0, 0.1) is 11.7 Å². The van der Waals surface area contributed by atoms with Crippen LogP contribution in [0.5, 0.6) is 0 Å². The number of hydrogen-bond acceptors (Lipinski definition) is 3. The van der Waals surface area contributed by atoms with Crippen molar-refractivity contribution < 1.29 is 0 Å². The summed E-state index contributed by atoms with van der Waals surface area (Å²) >= 11 is 7.27. The number of H-pyrrole nitrogens is 1. The van der Waals surface area contributed by atoms with E-state index in [2.05, 4.69) is 40.5 Å². The monoisotopic (exact) mass is 289 g/mol. The second-order valence-electron chi connectivity index (χ2n) is 4.74. The minimum Gasteiger partial charge on any atom is -0.329 e. The molecule has 19 heavy (non-hydrogen) atoms. The van der Waals surface area contributed by atoms with E-state index in [4.69, 9.17) is 12.2 Å². The Kier molecular flexibility index (Phi) is 3.24. The standard InChI is InChI=1S/C14H15N3S2/c1-9(8-11-6-5-10(2)19-11)17-13-12(16-14(17)18)4-3-7-15-13/h3-7,9H,8H2,1-2H3,(H,16,18). The number of aryl methyl sites for hydroxylation is 1. The highest BCUT2D eigenvalue weighted by Gasteiger charge is 2.13. The van der Waals surface area contributed by atoms with Gasteiger partial charge in [-0.1, -0.05) is 0 Å². The quantitative estimate of drug-likeness (QED) is 0.731. The van der Waals surface area contributed by atoms with Crippen molar-refractivity contribution in [2.24, 2.45) is 0 Å². The summed E-state index contributed by atoms with van der Waals surface area (Å²) in [5.74, 6) is 0. The molecule has 0 aromatic carbocycles. The summed E-state index contributed by atoms with van der Waals surface area (Å²) in [4.78, 5) is 10.4. The predicted octanol–water partition coefficient (Wildman–Crippen LogP) is 4.27. The minimum absolute atomic E-state index is 0.300. The third kappa shape index (κ3) is 2.35. The first kappa shape index (κ1) is 12.6. The lowest BCUT2D eigenvalue weighted by atomic mass is 10.2. The Hall–Kier alpha value is -1.46. The average Bonchev–Trinajstić information content (AvgIpc) is 2.91. The summed E-state index contributed by atoms with van der Waals surface area (Å²) in [6.07, 6.45) is 2.79. The van der Waals surface area contributed by atoms with E-state index in [-0.39, 0.29) is 0 Å². The molecule has 3 heterocycles. The van der Waals surface area contributed by atoms with Gasteiger partial charge in [0.25, 0.3) is 0 Å². The average molecular weight is 289 g/mol. The Morgan fingerprint density at radius 3 is 3.00 bits per heavy atom. The normalized spacial score (nSPS) is 12.9. The Morgan fingerprint density at radius 2 is 2.26 bits per heavy atom. The highest BCUT2D eigenvalue weighted by Crippen LogP contribution is 2.24. The number of aromatic nitrogens is 3. The van der Waals surface area contributed by atoms with Gasteiger partial charge in [0.1, 0.15) is 0 Å². The van der Waals surface area contributed by atoms with Crippen molar-refractivity contribution >= 4 is 34.7 Å². The number of rotatable bonds is 3. The van der Waals surface area contributed by atoms with Crippen LogP contribution in [0.15, 0.2) is 30.5 Å². The van der Waals surface area contributed by atoms with Crippen molar-refractivity contribution in [3.63, 3.8) is 0 Å². The first-order valence-electron chi connectivity index (χ1n) is 6.25. The van der Waals surface area contributed by atoms with E-state index >= 15 is 0 Å². The molecule has 3 nitrogen and oxygen atoms in total.